The predicted octanol–water partition coefficient (Wildman–Crippen LogP) is 2.84. The molecular formula is C15H18N2O2. The van der Waals surface area contributed by atoms with E-state index in [0.29, 0.717) is 6.42 Å². The van der Waals surface area contributed by atoms with Gasteiger partial charge in [0.05, 0.1) is 5.52 Å². The third kappa shape index (κ3) is 3.22. The smallest absolute Gasteiger partial charge is 0.303 e. The van der Waals surface area contributed by atoms with Crippen LogP contribution in [0, 0.1) is 6.92 Å². The SMILES string of the molecule is Cc1cc(N(C)CCCC(=O)O)c2ccccc2n1. The first kappa shape index (κ1) is 13.3. The number of aromatic nitrogens is 1. The van der Waals surface area contributed by atoms with Gasteiger partial charge in [-0.25, -0.2) is 0 Å². The number of rotatable bonds is 5. The van der Waals surface area contributed by atoms with Crippen molar-refractivity contribution in [3.8, 4) is 0 Å². The minimum atomic E-state index is -0.746. The van der Waals surface area contributed by atoms with Crippen LogP contribution < -0.4 is 4.90 Å². The lowest BCUT2D eigenvalue weighted by Crippen LogP contribution is -2.20. The quantitative estimate of drug-likeness (QED) is 0.896. The van der Waals surface area contributed by atoms with Gasteiger partial charge in [-0.15, -0.1) is 0 Å². The van der Waals surface area contributed by atoms with E-state index in [-0.39, 0.29) is 6.42 Å². The Morgan fingerprint density at radius 1 is 1.37 bits per heavy atom. The van der Waals surface area contributed by atoms with Crippen molar-refractivity contribution in [2.24, 2.45) is 0 Å². The van der Waals surface area contributed by atoms with Crippen LogP contribution >= 0.6 is 0 Å². The molecule has 0 bridgehead atoms. The number of para-hydroxylation sites is 1. The highest BCUT2D eigenvalue weighted by molar-refractivity contribution is 5.91. The third-order valence-corrected chi connectivity index (χ3v) is 3.12. The lowest BCUT2D eigenvalue weighted by atomic mass is 10.1. The maximum absolute atomic E-state index is 10.6. The average molecular weight is 258 g/mol. The molecule has 0 spiro atoms. The number of nitrogens with zero attached hydrogens (tertiary/aromatic N) is 2. The molecule has 1 N–H and O–H groups in total. The molecule has 2 aromatic rings. The van der Waals surface area contributed by atoms with Crippen LogP contribution in [0.1, 0.15) is 18.5 Å². The van der Waals surface area contributed by atoms with Gasteiger partial charge in [-0.3, -0.25) is 9.78 Å². The van der Waals surface area contributed by atoms with Crippen molar-refractivity contribution in [1.29, 1.82) is 0 Å². The molecule has 100 valence electrons. The summed E-state index contributed by atoms with van der Waals surface area (Å²) in [6.07, 6.45) is 0.841. The maximum Gasteiger partial charge on any atom is 0.303 e. The number of aliphatic carboxylic acids is 1. The summed E-state index contributed by atoms with van der Waals surface area (Å²) in [5.74, 6) is -0.746. The van der Waals surface area contributed by atoms with Crippen molar-refractivity contribution in [2.45, 2.75) is 19.8 Å². The highest BCUT2D eigenvalue weighted by atomic mass is 16.4. The first-order valence-corrected chi connectivity index (χ1v) is 6.37. The number of fused-ring (bicyclic) bond motifs is 1. The summed E-state index contributed by atoms with van der Waals surface area (Å²) >= 11 is 0. The number of carboxylic acids is 1. The van der Waals surface area contributed by atoms with Gasteiger partial charge in [-0.2, -0.15) is 0 Å². The number of pyridine rings is 1. The van der Waals surface area contributed by atoms with Crippen LogP contribution in [-0.4, -0.2) is 29.7 Å². The molecule has 0 aliphatic rings. The molecule has 4 nitrogen and oxygen atoms in total. The van der Waals surface area contributed by atoms with Crippen molar-refractivity contribution in [3.63, 3.8) is 0 Å². The summed E-state index contributed by atoms with van der Waals surface area (Å²) in [5.41, 5.74) is 3.05. The van der Waals surface area contributed by atoms with E-state index in [2.05, 4.69) is 9.88 Å². The predicted molar refractivity (Wildman–Crippen MR) is 76.6 cm³/mol. The molecule has 4 heteroatoms. The monoisotopic (exact) mass is 258 g/mol. The van der Waals surface area contributed by atoms with Gasteiger partial charge in [-0.1, -0.05) is 18.2 Å². The minimum absolute atomic E-state index is 0.201. The van der Waals surface area contributed by atoms with Crippen molar-refractivity contribution < 1.29 is 9.90 Å². The molecular weight excluding hydrogens is 240 g/mol. The summed E-state index contributed by atoms with van der Waals surface area (Å²) in [7, 11) is 1.99. The van der Waals surface area contributed by atoms with Crippen LogP contribution in [-0.2, 0) is 4.79 Å². The molecule has 0 aliphatic carbocycles. The molecule has 0 atom stereocenters. The number of aryl methyl sites for hydroxylation is 1. The minimum Gasteiger partial charge on any atom is -0.481 e. The van der Waals surface area contributed by atoms with Crippen molar-refractivity contribution in [2.75, 3.05) is 18.5 Å². The second-order valence-electron chi connectivity index (χ2n) is 4.72. The first-order chi connectivity index (χ1) is 9.08. The zero-order valence-electron chi connectivity index (χ0n) is 11.3. The molecule has 0 radical (unpaired) electrons. The lowest BCUT2D eigenvalue weighted by molar-refractivity contribution is -0.137. The lowest BCUT2D eigenvalue weighted by Gasteiger charge is -2.21. The Kier molecular flexibility index (Phi) is 4.00. The Balaban J connectivity index is 2.25. The van der Waals surface area contributed by atoms with Gasteiger partial charge in [-0.05, 0) is 25.5 Å². The van der Waals surface area contributed by atoms with Gasteiger partial charge in [0, 0.05) is 36.8 Å². The molecule has 0 saturated heterocycles. The van der Waals surface area contributed by atoms with Gasteiger partial charge >= 0.3 is 5.97 Å². The highest BCUT2D eigenvalue weighted by Gasteiger charge is 2.08. The molecule has 0 saturated carbocycles. The number of benzene rings is 1. The van der Waals surface area contributed by atoms with E-state index >= 15 is 0 Å². The summed E-state index contributed by atoms with van der Waals surface area (Å²) in [4.78, 5) is 17.2. The van der Waals surface area contributed by atoms with Crippen LogP contribution in [0.25, 0.3) is 10.9 Å². The largest absolute Gasteiger partial charge is 0.481 e. The van der Waals surface area contributed by atoms with Gasteiger partial charge in [0.25, 0.3) is 0 Å². The summed E-state index contributed by atoms with van der Waals surface area (Å²) in [6, 6.07) is 10.1. The van der Waals surface area contributed by atoms with Gasteiger partial charge in [0.15, 0.2) is 0 Å². The zero-order chi connectivity index (χ0) is 13.8. The number of carbonyl (C=O) groups is 1. The van der Waals surface area contributed by atoms with Crippen molar-refractivity contribution in [1.82, 2.24) is 4.98 Å². The molecule has 19 heavy (non-hydrogen) atoms. The molecule has 1 aromatic carbocycles. The number of hydrogen-bond acceptors (Lipinski definition) is 3. The van der Waals surface area contributed by atoms with Crippen LogP contribution in [0.15, 0.2) is 30.3 Å². The Hall–Kier alpha value is -2.10. The van der Waals surface area contributed by atoms with E-state index in [1.54, 1.807) is 0 Å². The number of hydrogen-bond donors (Lipinski definition) is 1. The van der Waals surface area contributed by atoms with Crippen molar-refractivity contribution >= 4 is 22.6 Å². The van der Waals surface area contributed by atoms with Crippen LogP contribution in [0.4, 0.5) is 5.69 Å². The summed E-state index contributed by atoms with van der Waals surface area (Å²) < 4.78 is 0. The van der Waals surface area contributed by atoms with Crippen LogP contribution in [0.3, 0.4) is 0 Å². The number of anilines is 1. The number of carboxylic acid groups (broad SMARTS) is 1. The molecule has 0 amide bonds. The Labute approximate surface area is 112 Å². The Bertz CT molecular complexity index is 596. The summed E-state index contributed by atoms with van der Waals surface area (Å²) in [6.45, 7) is 2.70. The zero-order valence-corrected chi connectivity index (χ0v) is 11.3. The van der Waals surface area contributed by atoms with E-state index in [1.807, 2.05) is 44.3 Å². The molecule has 0 fully saturated rings. The standard InChI is InChI=1S/C15H18N2O2/c1-11-10-14(17(2)9-5-8-15(18)19)12-6-3-4-7-13(12)16-11/h3-4,6-7,10H,5,8-9H2,1-2H3,(H,18,19). The molecule has 0 unspecified atom stereocenters. The maximum atomic E-state index is 10.6. The molecule has 0 aliphatic heterocycles. The van der Waals surface area contributed by atoms with Gasteiger partial charge in [0.1, 0.15) is 0 Å². The molecule has 1 heterocycles. The van der Waals surface area contributed by atoms with Crippen LogP contribution in [0.5, 0.6) is 0 Å². The van der Waals surface area contributed by atoms with E-state index in [9.17, 15) is 4.79 Å². The fraction of sp³-hybridized carbons (Fsp3) is 0.333. The summed E-state index contributed by atoms with van der Waals surface area (Å²) in [5, 5.41) is 9.79. The van der Waals surface area contributed by atoms with Gasteiger partial charge < -0.3 is 10.0 Å². The topological polar surface area (TPSA) is 53.4 Å². The van der Waals surface area contributed by atoms with Gasteiger partial charge in [0.2, 0.25) is 0 Å². The van der Waals surface area contributed by atoms with E-state index in [0.717, 1.165) is 28.8 Å². The first-order valence-electron chi connectivity index (χ1n) is 6.37. The Morgan fingerprint density at radius 2 is 2.11 bits per heavy atom. The highest BCUT2D eigenvalue weighted by Crippen LogP contribution is 2.25. The van der Waals surface area contributed by atoms with E-state index in [1.165, 1.54) is 0 Å². The van der Waals surface area contributed by atoms with E-state index in [4.69, 9.17) is 5.11 Å². The fourth-order valence-electron chi connectivity index (χ4n) is 2.19. The second-order valence-corrected chi connectivity index (χ2v) is 4.72. The Morgan fingerprint density at radius 3 is 2.84 bits per heavy atom. The fourth-order valence-corrected chi connectivity index (χ4v) is 2.19. The van der Waals surface area contributed by atoms with E-state index < -0.39 is 5.97 Å². The van der Waals surface area contributed by atoms with Crippen molar-refractivity contribution in [3.05, 3.63) is 36.0 Å². The average Bonchev–Trinajstić information content (AvgIpc) is 2.37. The third-order valence-electron chi connectivity index (χ3n) is 3.12. The normalized spacial score (nSPS) is 10.6. The second kappa shape index (κ2) is 5.69. The van der Waals surface area contributed by atoms with Crippen LogP contribution in [0.2, 0.25) is 0 Å². The molecule has 1 aromatic heterocycles. The molecule has 2 rings (SSSR count).